The predicted molar refractivity (Wildman–Crippen MR) is 98.8 cm³/mol. The van der Waals surface area contributed by atoms with E-state index in [0.717, 1.165) is 34.0 Å². The van der Waals surface area contributed by atoms with Crippen LogP contribution in [0.4, 0.5) is 0 Å². The number of carbonyl (C=O) groups excluding carboxylic acids is 1. The molecule has 1 heterocycles. The molecule has 0 saturated heterocycles. The summed E-state index contributed by atoms with van der Waals surface area (Å²) < 4.78 is 11.8. The molecule has 1 aromatic carbocycles. The zero-order valence-corrected chi connectivity index (χ0v) is 15.8. The fraction of sp³-hybridized carbons (Fsp3) is 0.526. The van der Waals surface area contributed by atoms with Crippen molar-refractivity contribution in [1.82, 2.24) is 4.98 Å². The topological polar surface area (TPSA) is 51.3 Å². The lowest BCUT2D eigenvalue weighted by molar-refractivity contribution is 0.0915. The van der Waals surface area contributed by atoms with Gasteiger partial charge in [-0.2, -0.15) is 0 Å². The molecule has 0 amide bonds. The molecule has 1 aromatic heterocycles. The molecular weight excluding hydrogens is 370 g/mol. The third-order valence-electron chi connectivity index (χ3n) is 4.99. The van der Waals surface area contributed by atoms with Crippen molar-refractivity contribution in [3.63, 3.8) is 0 Å². The van der Waals surface area contributed by atoms with Crippen LogP contribution >= 0.6 is 15.9 Å². The van der Waals surface area contributed by atoms with E-state index in [9.17, 15) is 4.79 Å². The van der Waals surface area contributed by atoms with Crippen molar-refractivity contribution in [2.24, 2.45) is 11.8 Å². The smallest absolute Gasteiger partial charge is 0.182 e. The molecule has 0 aliphatic heterocycles. The molecule has 0 radical (unpaired) electrons. The Morgan fingerprint density at radius 3 is 2.88 bits per heavy atom. The van der Waals surface area contributed by atoms with E-state index < -0.39 is 0 Å². The van der Waals surface area contributed by atoms with Gasteiger partial charge in [0.1, 0.15) is 12.4 Å². The molecule has 1 aliphatic carbocycles. The lowest BCUT2D eigenvalue weighted by Gasteiger charge is -2.08. The maximum Gasteiger partial charge on any atom is 0.182 e. The minimum Gasteiger partial charge on any atom is -0.489 e. The molecule has 1 saturated carbocycles. The van der Waals surface area contributed by atoms with Gasteiger partial charge in [0.05, 0.1) is 16.8 Å². The summed E-state index contributed by atoms with van der Waals surface area (Å²) in [5, 5.41) is 0.939. The number of H-pyrrole nitrogens is 1. The van der Waals surface area contributed by atoms with Crippen LogP contribution in [0.25, 0.3) is 10.9 Å². The number of nitrogens with one attached hydrogen (secondary N) is 1. The molecule has 1 aliphatic rings. The Kier molecular flexibility index (Phi) is 5.61. The summed E-state index contributed by atoms with van der Waals surface area (Å²) in [7, 11) is 1.65. The molecule has 3 rings (SSSR count). The second kappa shape index (κ2) is 7.70. The molecule has 1 fully saturated rings. The number of aromatic nitrogens is 1. The molecule has 5 heteroatoms. The number of aromatic amines is 1. The number of hydrogen-bond donors (Lipinski definition) is 1. The molecule has 4 nitrogen and oxygen atoms in total. The first-order valence-corrected chi connectivity index (χ1v) is 9.40. The van der Waals surface area contributed by atoms with E-state index in [1.165, 1.54) is 12.8 Å². The quantitative estimate of drug-likeness (QED) is 0.533. The Balaban J connectivity index is 1.85. The first-order chi connectivity index (χ1) is 11.6. The van der Waals surface area contributed by atoms with Gasteiger partial charge in [-0.15, -0.1) is 0 Å². The number of fused-ring (bicyclic) bond motifs is 1. The molecular formula is C19H24BrNO3. The molecule has 2 atom stereocenters. The van der Waals surface area contributed by atoms with Gasteiger partial charge in [-0.1, -0.05) is 13.3 Å². The van der Waals surface area contributed by atoms with Crippen molar-refractivity contribution in [3.8, 4) is 5.75 Å². The summed E-state index contributed by atoms with van der Waals surface area (Å²) in [5.41, 5.74) is 1.63. The van der Waals surface area contributed by atoms with Crippen LogP contribution in [0.3, 0.4) is 0 Å². The number of Topliss-reactive ketones (excluding diaryl/α,β-unsaturated/α-hetero) is 1. The minimum absolute atomic E-state index is 0.157. The van der Waals surface area contributed by atoms with E-state index in [4.69, 9.17) is 9.47 Å². The molecule has 0 spiro atoms. The summed E-state index contributed by atoms with van der Waals surface area (Å²) in [4.78, 5) is 16.1. The van der Waals surface area contributed by atoms with Gasteiger partial charge >= 0.3 is 0 Å². The van der Waals surface area contributed by atoms with E-state index in [2.05, 4.69) is 27.8 Å². The summed E-state index contributed by atoms with van der Waals surface area (Å²) >= 11 is 3.53. The van der Waals surface area contributed by atoms with Gasteiger partial charge in [0.15, 0.2) is 5.78 Å². The zero-order valence-electron chi connectivity index (χ0n) is 14.2. The fourth-order valence-electron chi connectivity index (χ4n) is 3.56. The van der Waals surface area contributed by atoms with Crippen LogP contribution in [-0.4, -0.2) is 31.1 Å². The predicted octanol–water partition coefficient (Wildman–Crippen LogP) is 4.96. The van der Waals surface area contributed by atoms with Crippen molar-refractivity contribution < 1.29 is 14.3 Å². The van der Waals surface area contributed by atoms with E-state index in [0.29, 0.717) is 24.8 Å². The average molecular weight is 394 g/mol. The number of ketones is 1. The lowest BCUT2D eigenvalue weighted by atomic mass is 9.97. The van der Waals surface area contributed by atoms with E-state index in [1.54, 1.807) is 7.11 Å². The van der Waals surface area contributed by atoms with Crippen LogP contribution in [0.2, 0.25) is 0 Å². The van der Waals surface area contributed by atoms with Gasteiger partial charge in [0.2, 0.25) is 0 Å². The van der Waals surface area contributed by atoms with Crippen LogP contribution in [0.15, 0.2) is 22.7 Å². The van der Waals surface area contributed by atoms with Gasteiger partial charge in [-0.25, -0.2) is 0 Å². The summed E-state index contributed by atoms with van der Waals surface area (Å²) in [6.45, 7) is 3.21. The van der Waals surface area contributed by atoms with Gasteiger partial charge < -0.3 is 14.5 Å². The molecule has 130 valence electrons. The minimum atomic E-state index is 0.157. The summed E-state index contributed by atoms with van der Waals surface area (Å²) in [5.74, 6) is 1.86. The monoisotopic (exact) mass is 393 g/mol. The number of halogens is 1. The summed E-state index contributed by atoms with van der Waals surface area (Å²) in [6, 6.07) is 5.85. The Morgan fingerprint density at radius 2 is 2.17 bits per heavy atom. The van der Waals surface area contributed by atoms with Crippen molar-refractivity contribution in [3.05, 3.63) is 28.4 Å². The SMILES string of the molecule is CCC1CCC(C(=O)c2cc3c(OCCOC)c(Br)ccc3[nH]2)C1. The van der Waals surface area contributed by atoms with Crippen molar-refractivity contribution in [2.75, 3.05) is 20.3 Å². The van der Waals surface area contributed by atoms with Gasteiger partial charge in [-0.3, -0.25) is 4.79 Å². The highest BCUT2D eigenvalue weighted by molar-refractivity contribution is 9.10. The van der Waals surface area contributed by atoms with Crippen LogP contribution in [0.5, 0.6) is 5.75 Å². The molecule has 24 heavy (non-hydrogen) atoms. The van der Waals surface area contributed by atoms with Crippen molar-refractivity contribution in [1.29, 1.82) is 0 Å². The average Bonchev–Trinajstić information content (AvgIpc) is 3.23. The second-order valence-electron chi connectivity index (χ2n) is 6.51. The molecule has 0 bridgehead atoms. The number of benzene rings is 1. The van der Waals surface area contributed by atoms with Crippen molar-refractivity contribution >= 4 is 32.6 Å². The number of rotatable bonds is 7. The molecule has 1 N–H and O–H groups in total. The number of ether oxygens (including phenoxy) is 2. The number of carbonyl (C=O) groups is 1. The van der Waals surface area contributed by atoms with Crippen LogP contribution in [0.1, 0.15) is 43.1 Å². The highest BCUT2D eigenvalue weighted by Gasteiger charge is 2.30. The van der Waals surface area contributed by atoms with Gasteiger partial charge in [-0.05, 0) is 59.3 Å². The standard InChI is InChI=1S/C19H24BrNO3/c1-3-12-4-5-13(10-12)18(22)17-11-14-16(21-17)7-6-15(20)19(14)24-9-8-23-2/h6-7,11-13,21H,3-5,8-10H2,1-2H3. The van der Waals surface area contributed by atoms with Gasteiger partial charge in [0, 0.05) is 23.9 Å². The fourth-order valence-corrected chi connectivity index (χ4v) is 4.02. The number of methoxy groups -OCH3 is 1. The maximum absolute atomic E-state index is 12.8. The Bertz CT molecular complexity index is 725. The Labute approximate surface area is 151 Å². The van der Waals surface area contributed by atoms with Gasteiger partial charge in [0.25, 0.3) is 0 Å². The molecule has 2 aromatic rings. The van der Waals surface area contributed by atoms with E-state index in [-0.39, 0.29) is 11.7 Å². The molecule has 2 unspecified atom stereocenters. The second-order valence-corrected chi connectivity index (χ2v) is 7.36. The Hall–Kier alpha value is -1.33. The van der Waals surface area contributed by atoms with E-state index >= 15 is 0 Å². The Morgan fingerprint density at radius 1 is 1.33 bits per heavy atom. The number of hydrogen-bond acceptors (Lipinski definition) is 3. The van der Waals surface area contributed by atoms with Crippen LogP contribution in [-0.2, 0) is 4.74 Å². The largest absolute Gasteiger partial charge is 0.489 e. The van der Waals surface area contributed by atoms with Crippen LogP contribution < -0.4 is 4.74 Å². The first kappa shape index (κ1) is 17.5. The maximum atomic E-state index is 12.8. The first-order valence-electron chi connectivity index (χ1n) is 8.61. The normalized spacial score (nSPS) is 20.6. The lowest BCUT2D eigenvalue weighted by Crippen LogP contribution is -2.12. The summed E-state index contributed by atoms with van der Waals surface area (Å²) in [6.07, 6.45) is 4.37. The third kappa shape index (κ3) is 3.52. The zero-order chi connectivity index (χ0) is 17.1. The highest BCUT2D eigenvalue weighted by atomic mass is 79.9. The third-order valence-corrected chi connectivity index (χ3v) is 5.62. The van der Waals surface area contributed by atoms with E-state index in [1.807, 2.05) is 18.2 Å². The van der Waals surface area contributed by atoms with Crippen molar-refractivity contribution in [2.45, 2.75) is 32.6 Å². The highest BCUT2D eigenvalue weighted by Crippen LogP contribution is 2.37. The van der Waals surface area contributed by atoms with Crippen LogP contribution in [0, 0.1) is 11.8 Å².